The van der Waals surface area contributed by atoms with Crippen LogP contribution in [0.1, 0.15) is 35.8 Å². The predicted molar refractivity (Wildman–Crippen MR) is 97.1 cm³/mol. The van der Waals surface area contributed by atoms with E-state index in [0.29, 0.717) is 41.5 Å². The van der Waals surface area contributed by atoms with Crippen molar-refractivity contribution in [1.29, 1.82) is 0 Å². The minimum Gasteiger partial charge on any atom is -0.329 e. The summed E-state index contributed by atoms with van der Waals surface area (Å²) in [6.07, 6.45) is -2.11. The van der Waals surface area contributed by atoms with Gasteiger partial charge in [0.05, 0.1) is 11.3 Å². The Balaban J connectivity index is 1.63. The van der Waals surface area contributed by atoms with Gasteiger partial charge in [0.15, 0.2) is 0 Å². The molecule has 2 bridgehead atoms. The van der Waals surface area contributed by atoms with Crippen molar-refractivity contribution in [3.63, 3.8) is 0 Å². The highest BCUT2D eigenvalue weighted by atomic mass is 19.4. The summed E-state index contributed by atoms with van der Waals surface area (Å²) in [6.45, 7) is 4.54. The van der Waals surface area contributed by atoms with Gasteiger partial charge in [-0.25, -0.2) is 9.97 Å². The Hall–Kier alpha value is -1.99. The van der Waals surface area contributed by atoms with Gasteiger partial charge >= 0.3 is 6.18 Å². The molecule has 3 saturated heterocycles. The third-order valence-corrected chi connectivity index (χ3v) is 5.90. The average Bonchev–Trinajstić information content (AvgIpc) is 2.67. The monoisotopic (exact) mass is 376 g/mol. The summed E-state index contributed by atoms with van der Waals surface area (Å²) in [5.74, 6) is 1.53. The summed E-state index contributed by atoms with van der Waals surface area (Å²) in [7, 11) is 0. The molecule has 0 saturated carbocycles. The zero-order valence-corrected chi connectivity index (χ0v) is 15.2. The molecule has 4 nitrogen and oxygen atoms in total. The lowest BCUT2D eigenvalue weighted by molar-refractivity contribution is -0.137. The summed E-state index contributed by atoms with van der Waals surface area (Å²) in [6, 6.07) is 7.57. The van der Waals surface area contributed by atoms with Gasteiger partial charge in [-0.3, -0.25) is 4.90 Å². The minimum atomic E-state index is -4.33. The molecule has 144 valence electrons. The van der Waals surface area contributed by atoms with Crippen LogP contribution in [0.25, 0.3) is 11.3 Å². The van der Waals surface area contributed by atoms with E-state index in [4.69, 9.17) is 5.73 Å². The van der Waals surface area contributed by atoms with Gasteiger partial charge in [-0.05, 0) is 50.4 Å². The lowest BCUT2D eigenvalue weighted by atomic mass is 9.74. The number of rotatable bonds is 3. The number of aromatic nitrogens is 2. The second-order valence-electron chi connectivity index (χ2n) is 7.58. The summed E-state index contributed by atoms with van der Waals surface area (Å²) in [4.78, 5) is 11.6. The van der Waals surface area contributed by atoms with Crippen molar-refractivity contribution in [3.8, 4) is 11.3 Å². The first-order chi connectivity index (χ1) is 12.8. The van der Waals surface area contributed by atoms with Gasteiger partial charge in [0.2, 0.25) is 0 Å². The summed E-state index contributed by atoms with van der Waals surface area (Å²) >= 11 is 0. The summed E-state index contributed by atoms with van der Waals surface area (Å²) in [5, 5.41) is 0. The molecule has 0 spiro atoms. The van der Waals surface area contributed by atoms with Crippen LogP contribution in [-0.2, 0) is 6.18 Å². The predicted octanol–water partition coefficient (Wildman–Crippen LogP) is 3.61. The number of alkyl halides is 3. The van der Waals surface area contributed by atoms with Crippen molar-refractivity contribution in [3.05, 3.63) is 47.4 Å². The van der Waals surface area contributed by atoms with Gasteiger partial charge < -0.3 is 5.73 Å². The fourth-order valence-electron chi connectivity index (χ4n) is 4.48. The van der Waals surface area contributed by atoms with Crippen LogP contribution in [0.2, 0.25) is 0 Å². The highest BCUT2D eigenvalue weighted by molar-refractivity contribution is 5.60. The number of aryl methyl sites for hydroxylation is 1. The van der Waals surface area contributed by atoms with E-state index in [1.807, 2.05) is 13.0 Å². The van der Waals surface area contributed by atoms with Crippen LogP contribution in [0.5, 0.6) is 0 Å². The normalized spacial score (nSPS) is 27.7. The van der Waals surface area contributed by atoms with Crippen molar-refractivity contribution in [2.45, 2.75) is 37.9 Å². The van der Waals surface area contributed by atoms with Crippen LogP contribution in [0.4, 0.5) is 13.2 Å². The molecule has 3 aliphatic heterocycles. The molecule has 0 amide bonds. The molecule has 5 rings (SSSR count). The number of halogens is 3. The Morgan fingerprint density at radius 3 is 2.52 bits per heavy atom. The first kappa shape index (κ1) is 18.4. The molecule has 1 aromatic heterocycles. The maximum absolute atomic E-state index is 12.8. The first-order valence-electron chi connectivity index (χ1n) is 9.32. The van der Waals surface area contributed by atoms with Crippen molar-refractivity contribution < 1.29 is 13.2 Å². The molecule has 3 aliphatic rings. The van der Waals surface area contributed by atoms with Crippen LogP contribution in [-0.4, -0.2) is 40.5 Å². The van der Waals surface area contributed by atoms with E-state index in [1.165, 1.54) is 12.1 Å². The van der Waals surface area contributed by atoms with E-state index in [0.717, 1.165) is 43.8 Å². The van der Waals surface area contributed by atoms with E-state index in [1.54, 1.807) is 0 Å². The van der Waals surface area contributed by atoms with Gasteiger partial charge in [-0.2, -0.15) is 13.2 Å². The van der Waals surface area contributed by atoms with Crippen LogP contribution in [0, 0.1) is 12.8 Å². The van der Waals surface area contributed by atoms with Crippen LogP contribution < -0.4 is 5.73 Å². The van der Waals surface area contributed by atoms with Gasteiger partial charge in [0.1, 0.15) is 5.82 Å². The lowest BCUT2D eigenvalue weighted by Crippen LogP contribution is -2.55. The smallest absolute Gasteiger partial charge is 0.329 e. The molecule has 27 heavy (non-hydrogen) atoms. The third-order valence-electron chi connectivity index (χ3n) is 5.90. The number of hydrogen-bond acceptors (Lipinski definition) is 4. The molecule has 3 fully saturated rings. The molecule has 0 aliphatic carbocycles. The fraction of sp³-hybridized carbons (Fsp3) is 0.500. The zero-order valence-electron chi connectivity index (χ0n) is 15.2. The van der Waals surface area contributed by atoms with E-state index in [-0.39, 0.29) is 0 Å². The maximum Gasteiger partial charge on any atom is 0.416 e. The number of nitrogens with zero attached hydrogens (tertiary/aromatic N) is 3. The Bertz CT molecular complexity index is 819. The molecule has 4 heterocycles. The molecule has 7 heteroatoms. The van der Waals surface area contributed by atoms with Gasteiger partial charge in [0, 0.05) is 36.3 Å². The third kappa shape index (κ3) is 3.58. The number of nitrogens with two attached hydrogens (primary N) is 1. The Morgan fingerprint density at radius 1 is 1.19 bits per heavy atom. The van der Waals surface area contributed by atoms with Crippen molar-refractivity contribution in [2.24, 2.45) is 11.7 Å². The Kier molecular flexibility index (Phi) is 4.68. The molecule has 4 atom stereocenters. The van der Waals surface area contributed by atoms with Gasteiger partial charge in [0.25, 0.3) is 0 Å². The molecule has 2 aromatic rings. The second-order valence-corrected chi connectivity index (χ2v) is 7.58. The standard InChI is InChI=1S/C20H23F3N4/c1-12-25-18(13-2-4-15(5-3-13)20(21,22)23)9-19(26-12)17-11-27-7-6-14(17)8-16(27)10-24/h2-5,9,14,16-17H,6-8,10-11,24H2,1H3/t14-,16+,17-/m0/s1. The second kappa shape index (κ2) is 6.87. The molecule has 1 aromatic carbocycles. The number of piperidine rings is 3. The minimum absolute atomic E-state index is 0.330. The van der Waals surface area contributed by atoms with E-state index in [2.05, 4.69) is 14.9 Å². The quantitative estimate of drug-likeness (QED) is 0.889. The van der Waals surface area contributed by atoms with Crippen LogP contribution in [0.15, 0.2) is 30.3 Å². The fourth-order valence-corrected chi connectivity index (χ4v) is 4.48. The van der Waals surface area contributed by atoms with Crippen molar-refractivity contribution in [1.82, 2.24) is 14.9 Å². The Morgan fingerprint density at radius 2 is 1.93 bits per heavy atom. The van der Waals surface area contributed by atoms with Gasteiger partial charge in [-0.1, -0.05) is 12.1 Å². The SMILES string of the molecule is Cc1nc(-c2ccc(C(F)(F)F)cc2)cc([C@H]2CN3CC[C@H]2C[C@@H]3CN)n1. The van der Waals surface area contributed by atoms with Crippen LogP contribution in [0.3, 0.4) is 0 Å². The molecular formula is C20H23F3N4. The molecular weight excluding hydrogens is 353 g/mol. The lowest BCUT2D eigenvalue weighted by Gasteiger charge is -2.49. The van der Waals surface area contributed by atoms with Gasteiger partial charge in [-0.15, -0.1) is 0 Å². The highest BCUT2D eigenvalue weighted by Gasteiger charge is 2.40. The zero-order chi connectivity index (χ0) is 19.2. The maximum atomic E-state index is 12.8. The number of fused-ring (bicyclic) bond motifs is 3. The molecule has 2 N–H and O–H groups in total. The Labute approximate surface area is 156 Å². The average molecular weight is 376 g/mol. The molecule has 0 radical (unpaired) electrons. The van der Waals surface area contributed by atoms with E-state index in [9.17, 15) is 13.2 Å². The molecule has 1 unspecified atom stereocenters. The summed E-state index contributed by atoms with van der Waals surface area (Å²) < 4.78 is 38.4. The van der Waals surface area contributed by atoms with E-state index < -0.39 is 11.7 Å². The highest BCUT2D eigenvalue weighted by Crippen LogP contribution is 2.41. The topological polar surface area (TPSA) is 55.0 Å². The number of benzene rings is 1. The number of hydrogen-bond donors (Lipinski definition) is 1. The first-order valence-corrected chi connectivity index (χ1v) is 9.32. The summed E-state index contributed by atoms with van der Waals surface area (Å²) in [5.41, 5.74) is 7.59. The van der Waals surface area contributed by atoms with E-state index >= 15 is 0 Å². The largest absolute Gasteiger partial charge is 0.416 e. The van der Waals surface area contributed by atoms with Crippen molar-refractivity contribution in [2.75, 3.05) is 19.6 Å². The van der Waals surface area contributed by atoms with Crippen LogP contribution >= 0.6 is 0 Å². The van der Waals surface area contributed by atoms with Crippen molar-refractivity contribution >= 4 is 0 Å².